The summed E-state index contributed by atoms with van der Waals surface area (Å²) in [5.74, 6) is 1.10. The number of carbonyl (C=O) groups excluding carboxylic acids is 1. The first kappa shape index (κ1) is 19.5. The summed E-state index contributed by atoms with van der Waals surface area (Å²) < 4.78 is 10.9. The number of nitrogens with two attached hydrogens (primary N) is 1. The van der Waals surface area contributed by atoms with Gasteiger partial charge in [0, 0.05) is 6.07 Å². The Hall–Kier alpha value is -1.46. The SMILES string of the molecule is CCCC(N)C(=O)Nc1cc(OCC)ccc1OCC.Cl. The lowest BCUT2D eigenvalue weighted by Gasteiger charge is -2.15. The Morgan fingerprint density at radius 2 is 1.90 bits per heavy atom. The second-order valence-corrected chi connectivity index (χ2v) is 4.41. The van der Waals surface area contributed by atoms with Gasteiger partial charge in [-0.3, -0.25) is 4.79 Å². The molecule has 1 rings (SSSR count). The van der Waals surface area contributed by atoms with E-state index in [-0.39, 0.29) is 18.3 Å². The van der Waals surface area contributed by atoms with Crippen molar-refractivity contribution in [2.75, 3.05) is 18.5 Å². The molecular weight excluding hydrogens is 292 g/mol. The Balaban J connectivity index is 0.00000400. The van der Waals surface area contributed by atoms with Crippen LogP contribution in [0, 0.1) is 0 Å². The number of halogens is 1. The lowest BCUT2D eigenvalue weighted by Crippen LogP contribution is -2.35. The summed E-state index contributed by atoms with van der Waals surface area (Å²) in [5.41, 5.74) is 6.40. The molecule has 120 valence electrons. The highest BCUT2D eigenvalue weighted by Gasteiger charge is 2.15. The number of anilines is 1. The third-order valence-corrected chi connectivity index (χ3v) is 2.76. The summed E-state index contributed by atoms with van der Waals surface area (Å²) in [6.07, 6.45) is 1.52. The van der Waals surface area contributed by atoms with E-state index in [2.05, 4.69) is 5.32 Å². The van der Waals surface area contributed by atoms with Crippen LogP contribution in [0.3, 0.4) is 0 Å². The van der Waals surface area contributed by atoms with Crippen molar-refractivity contribution in [3.8, 4) is 11.5 Å². The van der Waals surface area contributed by atoms with Crippen LogP contribution >= 0.6 is 12.4 Å². The van der Waals surface area contributed by atoms with Gasteiger partial charge in [0.05, 0.1) is 24.9 Å². The van der Waals surface area contributed by atoms with Crippen molar-refractivity contribution in [1.82, 2.24) is 0 Å². The van der Waals surface area contributed by atoms with Crippen LogP contribution in [-0.4, -0.2) is 25.2 Å². The van der Waals surface area contributed by atoms with Crippen LogP contribution in [-0.2, 0) is 4.79 Å². The van der Waals surface area contributed by atoms with Crippen LogP contribution in [0.2, 0.25) is 0 Å². The molecule has 21 heavy (non-hydrogen) atoms. The largest absolute Gasteiger partial charge is 0.494 e. The molecule has 0 heterocycles. The molecule has 0 radical (unpaired) electrons. The van der Waals surface area contributed by atoms with E-state index in [0.29, 0.717) is 36.8 Å². The van der Waals surface area contributed by atoms with Crippen molar-refractivity contribution >= 4 is 24.0 Å². The maximum Gasteiger partial charge on any atom is 0.241 e. The molecule has 5 nitrogen and oxygen atoms in total. The van der Waals surface area contributed by atoms with Gasteiger partial charge in [-0.15, -0.1) is 12.4 Å². The summed E-state index contributed by atoms with van der Waals surface area (Å²) >= 11 is 0. The van der Waals surface area contributed by atoms with Crippen molar-refractivity contribution in [3.05, 3.63) is 18.2 Å². The molecular formula is C15H25ClN2O3. The molecule has 0 saturated carbocycles. The van der Waals surface area contributed by atoms with Crippen molar-refractivity contribution in [2.45, 2.75) is 39.7 Å². The van der Waals surface area contributed by atoms with E-state index in [1.807, 2.05) is 26.8 Å². The molecule has 0 bridgehead atoms. The number of hydrogen-bond donors (Lipinski definition) is 2. The summed E-state index contributed by atoms with van der Waals surface area (Å²) in [6.45, 7) is 6.89. The van der Waals surface area contributed by atoms with E-state index in [9.17, 15) is 4.79 Å². The van der Waals surface area contributed by atoms with Gasteiger partial charge < -0.3 is 20.5 Å². The second-order valence-electron chi connectivity index (χ2n) is 4.41. The second kappa shape index (κ2) is 10.3. The van der Waals surface area contributed by atoms with E-state index in [1.165, 1.54) is 0 Å². The summed E-state index contributed by atoms with van der Waals surface area (Å²) in [6, 6.07) is 4.85. The molecule has 1 atom stereocenters. The minimum atomic E-state index is -0.509. The topological polar surface area (TPSA) is 73.6 Å². The minimum Gasteiger partial charge on any atom is -0.494 e. The van der Waals surface area contributed by atoms with E-state index in [4.69, 9.17) is 15.2 Å². The van der Waals surface area contributed by atoms with Crippen LogP contribution in [0.15, 0.2) is 18.2 Å². The quantitative estimate of drug-likeness (QED) is 0.773. The van der Waals surface area contributed by atoms with Gasteiger partial charge in [-0.05, 0) is 32.4 Å². The highest BCUT2D eigenvalue weighted by Crippen LogP contribution is 2.29. The molecule has 1 amide bonds. The minimum absolute atomic E-state index is 0. The Labute approximate surface area is 132 Å². The fraction of sp³-hybridized carbons (Fsp3) is 0.533. The molecule has 0 saturated heterocycles. The van der Waals surface area contributed by atoms with Gasteiger partial charge in [-0.2, -0.15) is 0 Å². The van der Waals surface area contributed by atoms with Crippen molar-refractivity contribution in [2.24, 2.45) is 5.73 Å². The van der Waals surface area contributed by atoms with Crippen LogP contribution < -0.4 is 20.5 Å². The average Bonchev–Trinajstić information content (AvgIpc) is 2.42. The van der Waals surface area contributed by atoms with Gasteiger partial charge in [-0.25, -0.2) is 0 Å². The zero-order valence-electron chi connectivity index (χ0n) is 12.8. The number of nitrogens with one attached hydrogen (secondary N) is 1. The maximum absolute atomic E-state index is 12.0. The van der Waals surface area contributed by atoms with Crippen LogP contribution in [0.5, 0.6) is 11.5 Å². The van der Waals surface area contributed by atoms with Gasteiger partial charge in [0.25, 0.3) is 0 Å². The molecule has 0 spiro atoms. The predicted octanol–water partition coefficient (Wildman–Crippen LogP) is 2.97. The van der Waals surface area contributed by atoms with Gasteiger partial charge in [-0.1, -0.05) is 13.3 Å². The molecule has 0 aliphatic rings. The van der Waals surface area contributed by atoms with Crippen LogP contribution in [0.4, 0.5) is 5.69 Å². The monoisotopic (exact) mass is 316 g/mol. The lowest BCUT2D eigenvalue weighted by atomic mass is 10.1. The Kier molecular flexibility index (Phi) is 9.58. The number of benzene rings is 1. The maximum atomic E-state index is 12.0. The van der Waals surface area contributed by atoms with E-state index in [1.54, 1.807) is 12.1 Å². The number of ether oxygens (including phenoxy) is 2. The van der Waals surface area contributed by atoms with E-state index in [0.717, 1.165) is 6.42 Å². The standard InChI is InChI=1S/C15H24N2O3.ClH/c1-4-7-12(16)15(18)17-13-10-11(19-5-2)8-9-14(13)20-6-3;/h8-10,12H,4-7,16H2,1-3H3,(H,17,18);1H. The summed E-state index contributed by atoms with van der Waals surface area (Å²) in [7, 11) is 0. The predicted molar refractivity (Wildman–Crippen MR) is 87.5 cm³/mol. The Morgan fingerprint density at radius 3 is 2.48 bits per heavy atom. The molecule has 0 aliphatic heterocycles. The smallest absolute Gasteiger partial charge is 0.241 e. The Morgan fingerprint density at radius 1 is 1.24 bits per heavy atom. The fourth-order valence-corrected chi connectivity index (χ4v) is 1.81. The van der Waals surface area contributed by atoms with Crippen LogP contribution in [0.25, 0.3) is 0 Å². The van der Waals surface area contributed by atoms with Gasteiger partial charge in [0.2, 0.25) is 5.91 Å². The zero-order valence-corrected chi connectivity index (χ0v) is 13.7. The van der Waals surface area contributed by atoms with Gasteiger partial charge >= 0.3 is 0 Å². The first-order valence-electron chi connectivity index (χ1n) is 7.08. The van der Waals surface area contributed by atoms with E-state index < -0.39 is 6.04 Å². The third kappa shape index (κ3) is 6.23. The molecule has 3 N–H and O–H groups in total. The fourth-order valence-electron chi connectivity index (χ4n) is 1.81. The van der Waals surface area contributed by atoms with Crippen molar-refractivity contribution in [1.29, 1.82) is 0 Å². The van der Waals surface area contributed by atoms with Crippen LogP contribution in [0.1, 0.15) is 33.6 Å². The number of carbonyl (C=O) groups is 1. The molecule has 0 fully saturated rings. The number of amides is 1. The molecule has 6 heteroatoms. The van der Waals surface area contributed by atoms with Gasteiger partial charge in [0.15, 0.2) is 0 Å². The molecule has 1 aromatic rings. The first-order valence-corrected chi connectivity index (χ1v) is 7.08. The molecule has 0 aliphatic carbocycles. The van der Waals surface area contributed by atoms with Crippen molar-refractivity contribution < 1.29 is 14.3 Å². The Bertz CT molecular complexity index is 441. The third-order valence-electron chi connectivity index (χ3n) is 2.76. The first-order chi connectivity index (χ1) is 9.62. The summed E-state index contributed by atoms with van der Waals surface area (Å²) in [4.78, 5) is 12.0. The van der Waals surface area contributed by atoms with Crippen molar-refractivity contribution in [3.63, 3.8) is 0 Å². The van der Waals surface area contributed by atoms with Gasteiger partial charge in [0.1, 0.15) is 11.5 Å². The average molecular weight is 317 g/mol. The van der Waals surface area contributed by atoms with E-state index >= 15 is 0 Å². The number of rotatable bonds is 8. The molecule has 0 aromatic heterocycles. The zero-order chi connectivity index (χ0) is 15.0. The summed E-state index contributed by atoms with van der Waals surface area (Å²) in [5, 5.41) is 2.81. The number of hydrogen-bond acceptors (Lipinski definition) is 4. The highest BCUT2D eigenvalue weighted by atomic mass is 35.5. The molecule has 1 unspecified atom stereocenters. The lowest BCUT2D eigenvalue weighted by molar-refractivity contribution is -0.117. The highest BCUT2D eigenvalue weighted by molar-refractivity contribution is 5.96. The molecule has 1 aromatic carbocycles. The normalized spacial score (nSPS) is 11.2.